The van der Waals surface area contributed by atoms with Crippen LogP contribution in [0.3, 0.4) is 0 Å². The van der Waals surface area contributed by atoms with Crippen LogP contribution in [0.5, 0.6) is 0 Å². The molecule has 90 valence electrons. The quantitative estimate of drug-likeness (QED) is 0.658. The van der Waals surface area contributed by atoms with Gasteiger partial charge in [-0.05, 0) is 33.2 Å². The summed E-state index contributed by atoms with van der Waals surface area (Å²) in [6, 6.07) is 0.806. The zero-order valence-corrected chi connectivity index (χ0v) is 10.8. The van der Waals surface area contributed by atoms with E-state index in [0.29, 0.717) is 0 Å². The highest BCUT2D eigenvalue weighted by Gasteiger charge is 2.34. The Balaban J connectivity index is 2.41. The summed E-state index contributed by atoms with van der Waals surface area (Å²) in [5, 5.41) is 0. The van der Waals surface area contributed by atoms with Crippen molar-refractivity contribution in [1.29, 1.82) is 0 Å². The third-order valence-electron chi connectivity index (χ3n) is 4.23. The molecular formula is C13H28N2. The number of rotatable bonds is 7. The highest BCUT2D eigenvalue weighted by Crippen LogP contribution is 2.31. The zero-order chi connectivity index (χ0) is 11.3. The van der Waals surface area contributed by atoms with E-state index in [4.69, 9.17) is 5.73 Å². The van der Waals surface area contributed by atoms with Crippen molar-refractivity contribution in [2.45, 2.75) is 70.4 Å². The Kier molecular flexibility index (Phi) is 5.07. The molecule has 1 saturated carbocycles. The first-order chi connectivity index (χ1) is 7.14. The van der Waals surface area contributed by atoms with Gasteiger partial charge in [0.1, 0.15) is 0 Å². The van der Waals surface area contributed by atoms with E-state index in [0.717, 1.165) is 12.6 Å². The molecule has 1 rings (SSSR count). The monoisotopic (exact) mass is 212 g/mol. The van der Waals surface area contributed by atoms with E-state index in [-0.39, 0.29) is 5.54 Å². The van der Waals surface area contributed by atoms with Crippen LogP contribution < -0.4 is 5.73 Å². The molecule has 0 aromatic rings. The molecule has 1 atom stereocenters. The van der Waals surface area contributed by atoms with Crippen molar-refractivity contribution in [2.75, 3.05) is 13.6 Å². The van der Waals surface area contributed by atoms with Gasteiger partial charge in [-0.15, -0.1) is 0 Å². The standard InChI is InChI=1S/C13H28N2/c1-4-5-6-10-13(2,11-14)15(3)12-8-7-9-12/h12H,4-11,14H2,1-3H3. The molecule has 1 fully saturated rings. The highest BCUT2D eigenvalue weighted by atomic mass is 15.2. The second kappa shape index (κ2) is 5.86. The summed E-state index contributed by atoms with van der Waals surface area (Å²) >= 11 is 0. The van der Waals surface area contributed by atoms with Gasteiger partial charge < -0.3 is 5.73 Å². The molecule has 0 aromatic heterocycles. The van der Waals surface area contributed by atoms with Gasteiger partial charge in [0.15, 0.2) is 0 Å². The van der Waals surface area contributed by atoms with E-state index in [1.54, 1.807) is 0 Å². The predicted octanol–water partition coefficient (Wildman–Crippen LogP) is 2.77. The number of nitrogens with zero attached hydrogens (tertiary/aromatic N) is 1. The molecule has 0 bridgehead atoms. The molecule has 0 radical (unpaired) electrons. The van der Waals surface area contributed by atoms with Gasteiger partial charge in [0.2, 0.25) is 0 Å². The molecule has 0 amide bonds. The van der Waals surface area contributed by atoms with Gasteiger partial charge in [0, 0.05) is 18.1 Å². The second-order valence-electron chi connectivity index (χ2n) is 5.35. The number of nitrogens with two attached hydrogens (primary N) is 1. The molecule has 0 spiro atoms. The van der Waals surface area contributed by atoms with Crippen molar-refractivity contribution in [3.63, 3.8) is 0 Å². The summed E-state index contributed by atoms with van der Waals surface area (Å²) in [4.78, 5) is 2.55. The lowest BCUT2D eigenvalue weighted by Crippen LogP contribution is -2.55. The fourth-order valence-corrected chi connectivity index (χ4v) is 2.39. The van der Waals surface area contributed by atoms with Gasteiger partial charge in [-0.2, -0.15) is 0 Å². The fraction of sp³-hybridized carbons (Fsp3) is 1.00. The van der Waals surface area contributed by atoms with Gasteiger partial charge in [-0.25, -0.2) is 0 Å². The number of hydrogen-bond acceptors (Lipinski definition) is 2. The summed E-state index contributed by atoms with van der Waals surface area (Å²) in [5.74, 6) is 0. The molecule has 1 unspecified atom stereocenters. The van der Waals surface area contributed by atoms with Crippen molar-refractivity contribution in [3.8, 4) is 0 Å². The van der Waals surface area contributed by atoms with Gasteiger partial charge in [-0.1, -0.05) is 32.6 Å². The Morgan fingerprint density at radius 1 is 1.33 bits per heavy atom. The van der Waals surface area contributed by atoms with Gasteiger partial charge in [-0.3, -0.25) is 4.90 Å². The van der Waals surface area contributed by atoms with Crippen LogP contribution in [0.15, 0.2) is 0 Å². The predicted molar refractivity (Wildman–Crippen MR) is 67.0 cm³/mol. The number of unbranched alkanes of at least 4 members (excludes halogenated alkanes) is 2. The molecule has 1 aliphatic rings. The van der Waals surface area contributed by atoms with Crippen LogP contribution in [0.1, 0.15) is 58.8 Å². The Bertz CT molecular complexity index is 177. The first-order valence-electron chi connectivity index (χ1n) is 6.57. The fourth-order valence-electron chi connectivity index (χ4n) is 2.39. The molecule has 15 heavy (non-hydrogen) atoms. The van der Waals surface area contributed by atoms with Gasteiger partial charge in [0.05, 0.1) is 0 Å². The smallest absolute Gasteiger partial charge is 0.0303 e. The van der Waals surface area contributed by atoms with Crippen LogP contribution in [0.4, 0.5) is 0 Å². The average Bonchev–Trinajstić information content (AvgIpc) is 2.15. The summed E-state index contributed by atoms with van der Waals surface area (Å²) in [7, 11) is 2.27. The third kappa shape index (κ3) is 3.18. The SMILES string of the molecule is CCCCCC(C)(CN)N(C)C1CCC1. The maximum Gasteiger partial charge on any atom is 0.0303 e. The Morgan fingerprint density at radius 2 is 2.00 bits per heavy atom. The minimum atomic E-state index is 0.236. The number of hydrogen-bond donors (Lipinski definition) is 1. The lowest BCUT2D eigenvalue weighted by atomic mass is 9.85. The summed E-state index contributed by atoms with van der Waals surface area (Å²) < 4.78 is 0. The van der Waals surface area contributed by atoms with E-state index in [9.17, 15) is 0 Å². The molecule has 2 heteroatoms. The maximum atomic E-state index is 5.97. The van der Waals surface area contributed by atoms with E-state index < -0.39 is 0 Å². The molecular weight excluding hydrogens is 184 g/mol. The van der Waals surface area contributed by atoms with Crippen LogP contribution >= 0.6 is 0 Å². The van der Waals surface area contributed by atoms with E-state index >= 15 is 0 Å². The minimum Gasteiger partial charge on any atom is -0.329 e. The van der Waals surface area contributed by atoms with Crippen molar-refractivity contribution in [3.05, 3.63) is 0 Å². The van der Waals surface area contributed by atoms with Gasteiger partial charge >= 0.3 is 0 Å². The first-order valence-corrected chi connectivity index (χ1v) is 6.57. The van der Waals surface area contributed by atoms with Crippen LogP contribution in [0.25, 0.3) is 0 Å². The Morgan fingerprint density at radius 3 is 2.40 bits per heavy atom. The second-order valence-corrected chi connectivity index (χ2v) is 5.35. The van der Waals surface area contributed by atoms with E-state index in [1.807, 2.05) is 0 Å². The molecule has 2 nitrogen and oxygen atoms in total. The molecule has 2 N–H and O–H groups in total. The summed E-state index contributed by atoms with van der Waals surface area (Å²) in [6.45, 7) is 5.39. The molecule has 1 aliphatic carbocycles. The van der Waals surface area contributed by atoms with Crippen LogP contribution in [-0.4, -0.2) is 30.1 Å². The highest BCUT2D eigenvalue weighted by molar-refractivity contribution is 4.92. The molecule has 0 aliphatic heterocycles. The van der Waals surface area contributed by atoms with E-state index in [1.165, 1.54) is 44.9 Å². The average molecular weight is 212 g/mol. The largest absolute Gasteiger partial charge is 0.329 e. The lowest BCUT2D eigenvalue weighted by Gasteiger charge is -2.46. The van der Waals surface area contributed by atoms with Crippen LogP contribution in [-0.2, 0) is 0 Å². The topological polar surface area (TPSA) is 29.3 Å². The van der Waals surface area contributed by atoms with Crippen LogP contribution in [0.2, 0.25) is 0 Å². The third-order valence-corrected chi connectivity index (χ3v) is 4.23. The normalized spacial score (nSPS) is 21.4. The summed E-state index contributed by atoms with van der Waals surface area (Å²) in [6.07, 6.45) is 9.37. The molecule has 0 saturated heterocycles. The Labute approximate surface area is 95.2 Å². The first kappa shape index (κ1) is 13.0. The van der Waals surface area contributed by atoms with E-state index in [2.05, 4.69) is 25.8 Å². The Hall–Kier alpha value is -0.0800. The van der Waals surface area contributed by atoms with Crippen LogP contribution in [0, 0.1) is 0 Å². The van der Waals surface area contributed by atoms with Crippen molar-refractivity contribution in [1.82, 2.24) is 4.90 Å². The minimum absolute atomic E-state index is 0.236. The lowest BCUT2D eigenvalue weighted by molar-refractivity contribution is 0.0424. The molecule has 0 heterocycles. The zero-order valence-electron chi connectivity index (χ0n) is 10.8. The van der Waals surface area contributed by atoms with Crippen molar-refractivity contribution < 1.29 is 0 Å². The van der Waals surface area contributed by atoms with Crippen molar-refractivity contribution in [2.24, 2.45) is 5.73 Å². The summed E-state index contributed by atoms with van der Waals surface area (Å²) in [5.41, 5.74) is 6.20. The number of likely N-dealkylation sites (N-methyl/N-ethyl adjacent to an activating group) is 1. The van der Waals surface area contributed by atoms with Crippen molar-refractivity contribution >= 4 is 0 Å². The maximum absolute atomic E-state index is 5.97. The van der Waals surface area contributed by atoms with Gasteiger partial charge in [0.25, 0.3) is 0 Å². The molecule has 0 aromatic carbocycles.